The molecule has 4 heteroatoms. The number of aryl methyl sites for hydroxylation is 1. The van der Waals surface area contributed by atoms with Crippen molar-refractivity contribution in [2.24, 2.45) is 0 Å². The van der Waals surface area contributed by atoms with E-state index in [-0.39, 0.29) is 16.7 Å². The van der Waals surface area contributed by atoms with E-state index in [0.29, 0.717) is 31.2 Å². The summed E-state index contributed by atoms with van der Waals surface area (Å²) >= 11 is 0. The molecule has 1 amide bonds. The predicted octanol–water partition coefficient (Wildman–Crippen LogP) is 8.89. The highest BCUT2D eigenvalue weighted by Gasteiger charge is 2.37. The molecule has 2 aromatic carbocycles. The van der Waals surface area contributed by atoms with Crippen LogP contribution >= 0.6 is 0 Å². The summed E-state index contributed by atoms with van der Waals surface area (Å²) < 4.78 is 6.24. The molecule has 0 saturated carbocycles. The molecule has 0 atom stereocenters. The van der Waals surface area contributed by atoms with Crippen molar-refractivity contribution < 1.29 is 9.21 Å². The van der Waals surface area contributed by atoms with Gasteiger partial charge in [-0.2, -0.15) is 0 Å². The van der Waals surface area contributed by atoms with Crippen molar-refractivity contribution in [3.05, 3.63) is 124 Å². The first kappa shape index (κ1) is 28.9. The highest BCUT2D eigenvalue weighted by molar-refractivity contribution is 5.91. The Morgan fingerprint density at radius 2 is 1.56 bits per heavy atom. The third-order valence-corrected chi connectivity index (χ3v) is 8.95. The number of carbonyl (C=O) groups is 1. The third kappa shape index (κ3) is 6.32. The highest BCUT2D eigenvalue weighted by Crippen LogP contribution is 2.46. The second-order valence-corrected chi connectivity index (χ2v) is 13.5. The topological polar surface area (TPSA) is 46.3 Å². The van der Waals surface area contributed by atoms with Gasteiger partial charge in [0.25, 0.3) is 5.91 Å². The molecular weight excluding hydrogens is 504 g/mol. The summed E-state index contributed by atoms with van der Waals surface area (Å²) in [4.78, 5) is 19.9. The largest absolute Gasteiger partial charge is 0.456 e. The maximum atomic E-state index is 13.8. The lowest BCUT2D eigenvalue weighted by atomic mass is 9.62. The van der Waals surface area contributed by atoms with Crippen LogP contribution in [0.5, 0.6) is 0 Å². The second kappa shape index (κ2) is 11.3. The highest BCUT2D eigenvalue weighted by atomic mass is 16.4. The maximum Gasteiger partial charge on any atom is 0.290 e. The molecule has 5 rings (SSSR count). The Kier molecular flexibility index (Phi) is 7.96. The molecule has 0 aliphatic heterocycles. The van der Waals surface area contributed by atoms with Gasteiger partial charge in [-0.05, 0) is 93.7 Å². The van der Waals surface area contributed by atoms with E-state index in [9.17, 15) is 4.79 Å². The number of benzene rings is 2. The van der Waals surface area contributed by atoms with E-state index in [1.807, 2.05) is 35.4 Å². The number of nitrogens with zero attached hydrogens (tertiary/aromatic N) is 2. The van der Waals surface area contributed by atoms with E-state index in [1.165, 1.54) is 40.7 Å². The van der Waals surface area contributed by atoms with E-state index >= 15 is 0 Å². The molecule has 2 heterocycles. The van der Waals surface area contributed by atoms with E-state index < -0.39 is 0 Å². The molecule has 0 saturated heterocycles. The first-order valence-corrected chi connectivity index (χ1v) is 14.9. The molecule has 0 spiro atoms. The van der Waals surface area contributed by atoms with Crippen LogP contribution in [-0.4, -0.2) is 15.8 Å². The van der Waals surface area contributed by atoms with Gasteiger partial charge in [0.2, 0.25) is 0 Å². The van der Waals surface area contributed by atoms with E-state index in [2.05, 4.69) is 89.8 Å². The Hall–Kier alpha value is -3.66. The van der Waals surface area contributed by atoms with Crippen molar-refractivity contribution in [1.29, 1.82) is 0 Å². The molecule has 41 heavy (non-hydrogen) atoms. The van der Waals surface area contributed by atoms with Gasteiger partial charge in [0, 0.05) is 31.9 Å². The molecule has 0 N–H and O–H groups in total. The smallest absolute Gasteiger partial charge is 0.290 e. The average Bonchev–Trinajstić information content (AvgIpc) is 3.41. The summed E-state index contributed by atoms with van der Waals surface area (Å²) in [6.07, 6.45) is 6.62. The minimum atomic E-state index is -0.113. The standard InChI is InChI=1S/C37H44N2O2/c1-25(2)29-12-10-27(11-13-29)23-39(24-28-9-8-18-38-22-28)35(40)34-15-14-31(41-34)20-30-21-33-32(19-26(30)3)36(4,5)16-17-37(33,6)7/h8-15,18-19,21-22,25H,16-17,20,23-24H2,1-7H3. The number of pyridine rings is 1. The van der Waals surface area contributed by atoms with Crippen LogP contribution in [0.2, 0.25) is 0 Å². The normalized spacial score (nSPS) is 15.5. The third-order valence-electron chi connectivity index (χ3n) is 8.95. The lowest BCUT2D eigenvalue weighted by molar-refractivity contribution is 0.0695. The van der Waals surface area contributed by atoms with Crippen molar-refractivity contribution in [1.82, 2.24) is 9.88 Å². The number of aromatic nitrogens is 1. The summed E-state index contributed by atoms with van der Waals surface area (Å²) in [6.45, 7) is 17.0. The molecule has 2 aromatic heterocycles. The van der Waals surface area contributed by atoms with Crippen LogP contribution < -0.4 is 0 Å². The first-order valence-electron chi connectivity index (χ1n) is 14.9. The summed E-state index contributed by atoms with van der Waals surface area (Å²) in [6, 6.07) is 21.0. The minimum Gasteiger partial charge on any atom is -0.456 e. The Labute approximate surface area is 245 Å². The van der Waals surface area contributed by atoms with Gasteiger partial charge in [-0.25, -0.2) is 0 Å². The lowest BCUT2D eigenvalue weighted by Gasteiger charge is -2.42. The van der Waals surface area contributed by atoms with E-state index in [0.717, 1.165) is 16.9 Å². The SMILES string of the molecule is Cc1cc2c(cc1Cc1ccc(C(=O)N(Cc3ccc(C(C)C)cc3)Cc3cccnc3)o1)C(C)(C)CCC2(C)C. The number of fused-ring (bicyclic) bond motifs is 1. The molecule has 1 aliphatic rings. The second-order valence-electron chi connectivity index (χ2n) is 13.5. The van der Waals surface area contributed by atoms with Crippen molar-refractivity contribution in [2.45, 2.75) is 97.6 Å². The van der Waals surface area contributed by atoms with Gasteiger partial charge in [-0.1, -0.05) is 84.0 Å². The number of rotatable bonds is 8. The minimum absolute atomic E-state index is 0.113. The van der Waals surface area contributed by atoms with Crippen LogP contribution in [0.15, 0.2) is 77.5 Å². The summed E-state index contributed by atoms with van der Waals surface area (Å²) in [5.74, 6) is 1.54. The van der Waals surface area contributed by atoms with Crippen molar-refractivity contribution in [2.75, 3.05) is 0 Å². The Morgan fingerprint density at radius 1 is 0.902 bits per heavy atom. The van der Waals surface area contributed by atoms with Crippen LogP contribution in [-0.2, 0) is 30.3 Å². The zero-order valence-electron chi connectivity index (χ0n) is 25.8. The zero-order valence-corrected chi connectivity index (χ0v) is 25.8. The zero-order chi connectivity index (χ0) is 29.4. The maximum absolute atomic E-state index is 13.8. The van der Waals surface area contributed by atoms with Gasteiger partial charge in [-0.3, -0.25) is 9.78 Å². The van der Waals surface area contributed by atoms with Gasteiger partial charge < -0.3 is 9.32 Å². The molecule has 4 aromatic rings. The Balaban J connectivity index is 1.39. The number of furan rings is 1. The quantitative estimate of drug-likeness (QED) is 0.221. The Morgan fingerprint density at radius 3 is 2.20 bits per heavy atom. The molecule has 0 radical (unpaired) electrons. The van der Waals surface area contributed by atoms with Crippen LogP contribution in [0, 0.1) is 6.92 Å². The fourth-order valence-corrected chi connectivity index (χ4v) is 6.03. The molecule has 4 nitrogen and oxygen atoms in total. The molecule has 0 unspecified atom stereocenters. The monoisotopic (exact) mass is 548 g/mol. The van der Waals surface area contributed by atoms with Crippen LogP contribution in [0.3, 0.4) is 0 Å². The van der Waals surface area contributed by atoms with E-state index in [1.54, 1.807) is 6.20 Å². The first-order chi connectivity index (χ1) is 19.4. The molecular formula is C37H44N2O2. The van der Waals surface area contributed by atoms with Gasteiger partial charge in [0.1, 0.15) is 5.76 Å². The van der Waals surface area contributed by atoms with Gasteiger partial charge >= 0.3 is 0 Å². The molecule has 1 aliphatic carbocycles. The molecule has 0 bridgehead atoms. The summed E-state index contributed by atoms with van der Waals surface area (Å²) in [7, 11) is 0. The van der Waals surface area contributed by atoms with Crippen molar-refractivity contribution in [3.63, 3.8) is 0 Å². The van der Waals surface area contributed by atoms with Crippen LogP contribution in [0.4, 0.5) is 0 Å². The van der Waals surface area contributed by atoms with Crippen molar-refractivity contribution in [3.8, 4) is 0 Å². The van der Waals surface area contributed by atoms with Crippen LogP contribution in [0.1, 0.15) is 116 Å². The van der Waals surface area contributed by atoms with Crippen molar-refractivity contribution >= 4 is 5.91 Å². The number of carbonyl (C=O) groups excluding carboxylic acids is 1. The summed E-state index contributed by atoms with van der Waals surface area (Å²) in [5, 5.41) is 0. The van der Waals surface area contributed by atoms with Crippen LogP contribution in [0.25, 0.3) is 0 Å². The molecule has 0 fully saturated rings. The van der Waals surface area contributed by atoms with Gasteiger partial charge in [-0.15, -0.1) is 0 Å². The Bertz CT molecular complexity index is 1510. The lowest BCUT2D eigenvalue weighted by Crippen LogP contribution is -2.34. The summed E-state index contributed by atoms with van der Waals surface area (Å²) in [5.41, 5.74) is 9.17. The fourth-order valence-electron chi connectivity index (χ4n) is 6.03. The van der Waals surface area contributed by atoms with E-state index in [4.69, 9.17) is 4.42 Å². The fraction of sp³-hybridized carbons (Fsp3) is 0.405. The predicted molar refractivity (Wildman–Crippen MR) is 166 cm³/mol. The molecule has 214 valence electrons. The number of hydrogen-bond donors (Lipinski definition) is 0. The number of amides is 1. The average molecular weight is 549 g/mol. The number of hydrogen-bond acceptors (Lipinski definition) is 3. The van der Waals surface area contributed by atoms with Gasteiger partial charge in [0.15, 0.2) is 5.76 Å². The van der Waals surface area contributed by atoms with Gasteiger partial charge in [0.05, 0.1) is 0 Å².